The number of nitrogens with zero attached hydrogens (tertiary/aromatic N) is 2. The lowest BCUT2D eigenvalue weighted by Crippen LogP contribution is -2.23. The minimum Gasteiger partial charge on any atom is -0.493 e. The van der Waals surface area contributed by atoms with E-state index in [1.807, 2.05) is 42.5 Å². The van der Waals surface area contributed by atoms with Crippen molar-refractivity contribution in [1.29, 1.82) is 0 Å². The molecular formula is C30H24N2O5S. The summed E-state index contributed by atoms with van der Waals surface area (Å²) in [5.41, 5.74) is 2.61. The lowest BCUT2D eigenvalue weighted by Gasteiger charge is -2.13. The highest BCUT2D eigenvalue weighted by molar-refractivity contribution is 8.18. The van der Waals surface area contributed by atoms with Crippen LogP contribution < -0.4 is 9.47 Å². The maximum atomic E-state index is 12.9. The monoisotopic (exact) mass is 524 g/mol. The number of amidine groups is 1. The van der Waals surface area contributed by atoms with E-state index in [1.54, 1.807) is 32.4 Å². The van der Waals surface area contributed by atoms with Crippen LogP contribution >= 0.6 is 11.8 Å². The molecule has 1 aliphatic heterocycles. The second kappa shape index (κ2) is 10.8. The number of ether oxygens (including phenoxy) is 2. The van der Waals surface area contributed by atoms with Crippen molar-refractivity contribution in [3.05, 3.63) is 107 Å². The number of thioether (sulfide) groups is 1. The Morgan fingerprint density at radius 2 is 1.76 bits per heavy atom. The molecule has 0 radical (unpaired) electrons. The number of hydrogen-bond acceptors (Lipinski definition) is 6. The highest BCUT2D eigenvalue weighted by atomic mass is 32.2. The number of amides is 1. The average Bonchev–Trinajstić information content (AvgIpc) is 3.19. The summed E-state index contributed by atoms with van der Waals surface area (Å²) in [4.78, 5) is 30.4. The van der Waals surface area contributed by atoms with Crippen molar-refractivity contribution in [2.24, 2.45) is 4.99 Å². The summed E-state index contributed by atoms with van der Waals surface area (Å²) in [5.74, 6) is -0.00326. The molecule has 1 fully saturated rings. The highest BCUT2D eigenvalue weighted by Gasteiger charge is 2.30. The fraction of sp³-hybridized carbons (Fsp3) is 0.100. The number of carbonyl (C=O) groups is 2. The second-order valence-electron chi connectivity index (χ2n) is 8.56. The number of aliphatic imine (C=N–C) groups is 1. The number of fused-ring (bicyclic) bond motifs is 1. The lowest BCUT2D eigenvalue weighted by molar-refractivity contribution is -0.121. The van der Waals surface area contributed by atoms with Crippen molar-refractivity contribution in [1.82, 2.24) is 4.90 Å². The van der Waals surface area contributed by atoms with Gasteiger partial charge in [-0.1, -0.05) is 48.5 Å². The number of carbonyl (C=O) groups excluding carboxylic acids is 1. The molecule has 0 aliphatic carbocycles. The molecule has 5 rings (SSSR count). The smallest absolute Gasteiger partial charge is 0.335 e. The third-order valence-electron chi connectivity index (χ3n) is 6.09. The van der Waals surface area contributed by atoms with Gasteiger partial charge in [0.25, 0.3) is 5.91 Å². The van der Waals surface area contributed by atoms with Crippen molar-refractivity contribution in [2.45, 2.75) is 6.61 Å². The van der Waals surface area contributed by atoms with Crippen LogP contribution in [0.2, 0.25) is 0 Å². The van der Waals surface area contributed by atoms with E-state index in [-0.39, 0.29) is 11.5 Å². The summed E-state index contributed by atoms with van der Waals surface area (Å²) in [5, 5.41) is 11.9. The molecule has 8 heteroatoms. The Morgan fingerprint density at radius 1 is 1.00 bits per heavy atom. The number of carboxylic acid groups (broad SMARTS) is 1. The minimum absolute atomic E-state index is 0.175. The van der Waals surface area contributed by atoms with Gasteiger partial charge in [0, 0.05) is 7.05 Å². The zero-order valence-electron chi connectivity index (χ0n) is 20.8. The third-order valence-corrected chi connectivity index (χ3v) is 7.15. The van der Waals surface area contributed by atoms with Gasteiger partial charge < -0.3 is 14.6 Å². The number of methoxy groups -OCH3 is 1. The van der Waals surface area contributed by atoms with Crippen molar-refractivity contribution in [3.63, 3.8) is 0 Å². The fourth-order valence-electron chi connectivity index (χ4n) is 4.06. The summed E-state index contributed by atoms with van der Waals surface area (Å²) in [6.07, 6.45) is 1.79. The number of aromatic carboxylic acids is 1. The molecule has 0 aromatic heterocycles. The van der Waals surface area contributed by atoms with E-state index in [0.717, 1.165) is 21.9 Å². The van der Waals surface area contributed by atoms with Crippen molar-refractivity contribution >= 4 is 51.3 Å². The molecule has 0 atom stereocenters. The molecule has 1 saturated heterocycles. The van der Waals surface area contributed by atoms with E-state index < -0.39 is 5.97 Å². The molecule has 4 aromatic carbocycles. The van der Waals surface area contributed by atoms with Gasteiger partial charge in [-0.2, -0.15) is 0 Å². The predicted octanol–water partition coefficient (Wildman–Crippen LogP) is 6.36. The van der Waals surface area contributed by atoms with Gasteiger partial charge in [-0.15, -0.1) is 0 Å². The SMILES string of the molecule is COc1cc(C=C2SC(=Nc3ccc(C(=O)O)cc3)N(C)C2=O)ccc1OCc1cccc2ccccc12. The number of likely N-dealkylation sites (N-methyl/N-ethyl adjacent to an activating group) is 1. The number of hydrogen-bond donors (Lipinski definition) is 1. The second-order valence-corrected chi connectivity index (χ2v) is 9.57. The van der Waals surface area contributed by atoms with Gasteiger partial charge in [0.2, 0.25) is 0 Å². The van der Waals surface area contributed by atoms with Crippen LogP contribution in [0.5, 0.6) is 11.5 Å². The van der Waals surface area contributed by atoms with Crippen molar-refractivity contribution in [3.8, 4) is 11.5 Å². The molecule has 1 N–H and O–H groups in total. The zero-order chi connectivity index (χ0) is 26.6. The van der Waals surface area contributed by atoms with Crippen LogP contribution in [0, 0.1) is 0 Å². The Morgan fingerprint density at radius 3 is 2.53 bits per heavy atom. The largest absolute Gasteiger partial charge is 0.493 e. The molecule has 1 amide bonds. The van der Waals surface area contributed by atoms with Gasteiger partial charge in [0.05, 0.1) is 23.3 Å². The van der Waals surface area contributed by atoms with Crippen LogP contribution in [0.4, 0.5) is 5.69 Å². The van der Waals surface area contributed by atoms with Gasteiger partial charge in [0.15, 0.2) is 16.7 Å². The Labute approximate surface area is 224 Å². The Kier molecular flexibility index (Phi) is 7.15. The summed E-state index contributed by atoms with van der Waals surface area (Å²) in [6.45, 7) is 0.393. The molecular weight excluding hydrogens is 500 g/mol. The molecule has 7 nitrogen and oxygen atoms in total. The minimum atomic E-state index is -1.00. The molecule has 0 unspecified atom stereocenters. The predicted molar refractivity (Wildman–Crippen MR) is 150 cm³/mol. The van der Waals surface area contributed by atoms with Crippen LogP contribution in [0.3, 0.4) is 0 Å². The van der Waals surface area contributed by atoms with Crippen LogP contribution in [-0.4, -0.2) is 41.2 Å². The molecule has 4 aromatic rings. The first-order valence-electron chi connectivity index (χ1n) is 11.8. The summed E-state index contributed by atoms with van der Waals surface area (Å²) >= 11 is 1.25. The molecule has 1 heterocycles. The maximum Gasteiger partial charge on any atom is 0.335 e. The summed E-state index contributed by atoms with van der Waals surface area (Å²) < 4.78 is 11.7. The van der Waals surface area contributed by atoms with E-state index in [0.29, 0.717) is 33.9 Å². The fourth-order valence-corrected chi connectivity index (χ4v) is 5.05. The van der Waals surface area contributed by atoms with Gasteiger partial charge >= 0.3 is 5.97 Å². The lowest BCUT2D eigenvalue weighted by atomic mass is 10.1. The first-order valence-corrected chi connectivity index (χ1v) is 12.6. The number of carboxylic acids is 1. The van der Waals surface area contributed by atoms with Gasteiger partial charge in [-0.3, -0.25) is 9.69 Å². The highest BCUT2D eigenvalue weighted by Crippen LogP contribution is 2.35. The number of benzene rings is 4. The molecule has 1 aliphatic rings. The van der Waals surface area contributed by atoms with E-state index >= 15 is 0 Å². The molecule has 0 spiro atoms. The summed E-state index contributed by atoms with van der Waals surface area (Å²) in [7, 11) is 3.24. The quantitative estimate of drug-likeness (QED) is 0.283. The van der Waals surface area contributed by atoms with Crippen molar-refractivity contribution in [2.75, 3.05) is 14.2 Å². The van der Waals surface area contributed by atoms with Crippen LogP contribution in [0.25, 0.3) is 16.8 Å². The molecule has 0 bridgehead atoms. The summed E-state index contributed by atoms with van der Waals surface area (Å²) in [6, 6.07) is 26.1. The molecule has 190 valence electrons. The van der Waals surface area contributed by atoms with Gasteiger partial charge in [-0.25, -0.2) is 9.79 Å². The van der Waals surface area contributed by atoms with Crippen molar-refractivity contribution < 1.29 is 24.2 Å². The average molecular weight is 525 g/mol. The van der Waals surface area contributed by atoms with Crippen LogP contribution in [0.15, 0.2) is 94.8 Å². The standard InChI is InChI=1S/C30H24N2O5S/c1-32-28(33)27(38-30(32)31-23-13-11-21(12-14-23)29(34)35)17-19-10-15-25(26(16-19)36-2)37-18-22-8-5-7-20-6-3-4-9-24(20)22/h3-17H,18H2,1-2H3,(H,34,35). The Hall–Kier alpha value is -4.56. The topological polar surface area (TPSA) is 88.4 Å². The Bertz CT molecular complexity index is 1590. The van der Waals surface area contributed by atoms with Crippen LogP contribution in [-0.2, 0) is 11.4 Å². The van der Waals surface area contributed by atoms with Crippen LogP contribution in [0.1, 0.15) is 21.5 Å². The normalized spacial score (nSPS) is 15.4. The number of rotatable bonds is 7. The van der Waals surface area contributed by atoms with Gasteiger partial charge in [-0.05, 0) is 76.1 Å². The van der Waals surface area contributed by atoms with E-state index in [2.05, 4.69) is 23.2 Å². The maximum absolute atomic E-state index is 12.9. The molecule has 0 saturated carbocycles. The first-order chi connectivity index (χ1) is 18.4. The third kappa shape index (κ3) is 5.26. The first kappa shape index (κ1) is 25.1. The van der Waals surface area contributed by atoms with E-state index in [1.165, 1.54) is 28.8 Å². The molecule has 38 heavy (non-hydrogen) atoms. The van der Waals surface area contributed by atoms with Gasteiger partial charge in [0.1, 0.15) is 6.61 Å². The van der Waals surface area contributed by atoms with E-state index in [4.69, 9.17) is 14.6 Å². The zero-order valence-corrected chi connectivity index (χ0v) is 21.6. The Balaban J connectivity index is 1.33. The van der Waals surface area contributed by atoms with E-state index in [9.17, 15) is 9.59 Å².